The Morgan fingerprint density at radius 1 is 0.943 bits per heavy atom. The number of carbonyl (C=O) groups is 1. The van der Waals surface area contributed by atoms with E-state index in [0.717, 1.165) is 70.6 Å². The van der Waals surface area contributed by atoms with E-state index in [2.05, 4.69) is 62.3 Å². The highest BCUT2D eigenvalue weighted by Gasteiger charge is 2.66. The van der Waals surface area contributed by atoms with Crippen molar-refractivity contribution in [3.63, 3.8) is 0 Å². The molecule has 204 valence electrons. The summed E-state index contributed by atoms with van der Waals surface area (Å²) < 4.78 is 5.78. The lowest BCUT2D eigenvalue weighted by Gasteiger charge is -2.69. The van der Waals surface area contributed by atoms with Gasteiger partial charge in [-0.05, 0) is 110 Å². The summed E-state index contributed by atoms with van der Waals surface area (Å²) in [4.78, 5) is 11.5. The van der Waals surface area contributed by atoms with Crippen molar-refractivity contribution in [3.05, 3.63) is 0 Å². The standard InChI is InChI=1S/C31H56O4/c1-10-26(2,3)15-17-29(7,35-21-32)18-16-28(6)20-22(33)19-24-30(8)13-12-25(34)27(4,5)23(30)11-14-31(24,28)9/h21-25,33-34H,10-20H2,1-9H3/t22-,23+,24-,25+,28-,29+,30+,31-/m1/s1. The predicted molar refractivity (Wildman–Crippen MR) is 143 cm³/mol. The highest BCUT2D eigenvalue weighted by atomic mass is 16.5. The van der Waals surface area contributed by atoms with E-state index in [4.69, 9.17) is 4.74 Å². The number of aliphatic hydroxyl groups is 2. The van der Waals surface area contributed by atoms with E-state index >= 15 is 0 Å². The highest BCUT2D eigenvalue weighted by Crippen LogP contribution is 2.71. The quantitative estimate of drug-likeness (QED) is 0.332. The molecule has 0 aromatic heterocycles. The van der Waals surface area contributed by atoms with Crippen molar-refractivity contribution >= 4 is 6.47 Å². The van der Waals surface area contributed by atoms with Crippen LogP contribution >= 0.6 is 0 Å². The molecule has 0 saturated heterocycles. The molecule has 0 spiro atoms. The molecular weight excluding hydrogens is 436 g/mol. The lowest BCUT2D eigenvalue weighted by molar-refractivity contribution is -0.229. The number of aliphatic hydroxyl groups excluding tert-OH is 2. The smallest absolute Gasteiger partial charge is 0.293 e. The van der Waals surface area contributed by atoms with Crippen LogP contribution in [0.15, 0.2) is 0 Å². The molecule has 3 saturated carbocycles. The van der Waals surface area contributed by atoms with Crippen molar-refractivity contribution in [2.24, 2.45) is 38.9 Å². The van der Waals surface area contributed by atoms with Gasteiger partial charge in [-0.3, -0.25) is 4.79 Å². The van der Waals surface area contributed by atoms with Crippen molar-refractivity contribution in [3.8, 4) is 0 Å². The second kappa shape index (κ2) is 9.61. The predicted octanol–water partition coefficient (Wildman–Crippen LogP) is 7.30. The number of hydrogen-bond donors (Lipinski definition) is 2. The normalized spacial score (nSPS) is 42.9. The number of hydrogen-bond acceptors (Lipinski definition) is 4. The summed E-state index contributed by atoms with van der Waals surface area (Å²) in [6.07, 6.45) is 10.2. The molecule has 0 unspecified atom stereocenters. The molecule has 0 aromatic rings. The SMILES string of the molecule is CCC(C)(C)CC[C@@](C)(CC[C@]1(C)C[C@H](O)C[C@@H]2[C@@]3(C)CC[C@H](O)C(C)(C)[C@@H]3CC[C@]21C)OC=O. The summed E-state index contributed by atoms with van der Waals surface area (Å²) >= 11 is 0. The summed E-state index contributed by atoms with van der Waals surface area (Å²) in [5.74, 6) is 0.915. The minimum Gasteiger partial charge on any atom is -0.462 e. The van der Waals surface area contributed by atoms with Crippen LogP contribution in [0, 0.1) is 38.9 Å². The first-order chi connectivity index (χ1) is 16.0. The van der Waals surface area contributed by atoms with Crippen LogP contribution in [0.4, 0.5) is 0 Å². The first-order valence-electron chi connectivity index (χ1n) is 14.5. The van der Waals surface area contributed by atoms with E-state index in [9.17, 15) is 15.0 Å². The zero-order chi connectivity index (χ0) is 26.5. The van der Waals surface area contributed by atoms with Gasteiger partial charge in [0.25, 0.3) is 6.47 Å². The molecule has 4 heteroatoms. The summed E-state index contributed by atoms with van der Waals surface area (Å²) in [7, 11) is 0. The van der Waals surface area contributed by atoms with Crippen LogP contribution in [-0.4, -0.2) is 34.5 Å². The van der Waals surface area contributed by atoms with Gasteiger partial charge in [0.1, 0.15) is 5.60 Å². The average molecular weight is 493 g/mol. The lowest BCUT2D eigenvalue weighted by atomic mass is 9.36. The molecule has 0 amide bonds. The van der Waals surface area contributed by atoms with E-state index in [0.29, 0.717) is 18.3 Å². The summed E-state index contributed by atoms with van der Waals surface area (Å²) in [5, 5.41) is 22.1. The molecule has 0 aromatic carbocycles. The molecule has 3 fully saturated rings. The maximum absolute atomic E-state index is 11.5. The van der Waals surface area contributed by atoms with Gasteiger partial charge in [-0.25, -0.2) is 0 Å². The Kier molecular flexibility index (Phi) is 7.95. The molecule has 35 heavy (non-hydrogen) atoms. The van der Waals surface area contributed by atoms with E-state index in [1.54, 1.807) is 0 Å². The maximum atomic E-state index is 11.5. The Balaban J connectivity index is 1.87. The Morgan fingerprint density at radius 2 is 1.60 bits per heavy atom. The largest absolute Gasteiger partial charge is 0.462 e. The number of fused-ring (bicyclic) bond motifs is 3. The van der Waals surface area contributed by atoms with Crippen LogP contribution in [0.25, 0.3) is 0 Å². The molecular formula is C31H56O4. The summed E-state index contributed by atoms with van der Waals surface area (Å²) in [6.45, 7) is 21.5. The van der Waals surface area contributed by atoms with Crippen LogP contribution in [0.5, 0.6) is 0 Å². The van der Waals surface area contributed by atoms with Gasteiger partial charge in [-0.2, -0.15) is 0 Å². The fourth-order valence-electron chi connectivity index (χ4n) is 8.97. The van der Waals surface area contributed by atoms with Crippen molar-refractivity contribution in [1.29, 1.82) is 0 Å². The lowest BCUT2D eigenvalue weighted by Crippen LogP contribution is -2.64. The van der Waals surface area contributed by atoms with Gasteiger partial charge in [0, 0.05) is 0 Å². The minimum absolute atomic E-state index is 0.0166. The molecule has 0 bridgehead atoms. The van der Waals surface area contributed by atoms with Gasteiger partial charge in [0.15, 0.2) is 0 Å². The van der Waals surface area contributed by atoms with Gasteiger partial charge in [0.05, 0.1) is 12.2 Å². The van der Waals surface area contributed by atoms with Gasteiger partial charge in [0.2, 0.25) is 0 Å². The molecule has 0 radical (unpaired) electrons. The number of carbonyl (C=O) groups excluding carboxylic acids is 1. The van der Waals surface area contributed by atoms with Gasteiger partial charge < -0.3 is 14.9 Å². The monoisotopic (exact) mass is 492 g/mol. The van der Waals surface area contributed by atoms with Crippen molar-refractivity contribution in [2.75, 3.05) is 0 Å². The third-order valence-corrected chi connectivity index (χ3v) is 12.4. The molecule has 3 rings (SSSR count). The molecule has 0 aliphatic heterocycles. The van der Waals surface area contributed by atoms with Crippen molar-refractivity contribution in [1.82, 2.24) is 0 Å². The Labute approximate surface area is 216 Å². The van der Waals surface area contributed by atoms with Crippen molar-refractivity contribution in [2.45, 2.75) is 151 Å². The van der Waals surface area contributed by atoms with Crippen LogP contribution < -0.4 is 0 Å². The van der Waals surface area contributed by atoms with E-state index in [1.807, 2.05) is 0 Å². The second-order valence-electron chi connectivity index (χ2n) is 15.3. The van der Waals surface area contributed by atoms with Gasteiger partial charge in [-0.15, -0.1) is 0 Å². The minimum atomic E-state index is -0.469. The third-order valence-electron chi connectivity index (χ3n) is 12.4. The Bertz CT molecular complexity index is 761. The van der Waals surface area contributed by atoms with Crippen LogP contribution in [0.2, 0.25) is 0 Å². The van der Waals surface area contributed by atoms with E-state index in [-0.39, 0.29) is 39.3 Å². The average Bonchev–Trinajstić information content (AvgIpc) is 2.76. The van der Waals surface area contributed by atoms with Crippen LogP contribution in [0.3, 0.4) is 0 Å². The highest BCUT2D eigenvalue weighted by molar-refractivity contribution is 5.38. The van der Waals surface area contributed by atoms with E-state index < -0.39 is 5.60 Å². The van der Waals surface area contributed by atoms with Gasteiger partial charge in [-0.1, -0.05) is 61.8 Å². The van der Waals surface area contributed by atoms with Crippen LogP contribution in [0.1, 0.15) is 133 Å². The summed E-state index contributed by atoms with van der Waals surface area (Å²) in [5.41, 5.74) is -0.0794. The third kappa shape index (κ3) is 5.09. The Morgan fingerprint density at radius 3 is 2.20 bits per heavy atom. The fourth-order valence-corrected chi connectivity index (χ4v) is 8.97. The first kappa shape index (κ1) is 29.0. The molecule has 0 heterocycles. The van der Waals surface area contributed by atoms with E-state index in [1.165, 1.54) is 0 Å². The number of rotatable bonds is 9. The van der Waals surface area contributed by atoms with Gasteiger partial charge >= 0.3 is 0 Å². The Hall–Kier alpha value is -0.610. The molecule has 8 atom stereocenters. The molecule has 4 nitrogen and oxygen atoms in total. The molecule has 3 aliphatic carbocycles. The van der Waals surface area contributed by atoms with Crippen molar-refractivity contribution < 1.29 is 19.7 Å². The zero-order valence-electron chi connectivity index (χ0n) is 24.4. The first-order valence-corrected chi connectivity index (χ1v) is 14.5. The maximum Gasteiger partial charge on any atom is 0.293 e. The fraction of sp³-hybridized carbons (Fsp3) is 0.968. The van der Waals surface area contributed by atoms with Crippen LogP contribution in [-0.2, 0) is 9.53 Å². The molecule has 3 aliphatic rings. The zero-order valence-corrected chi connectivity index (χ0v) is 24.4. The number of ether oxygens (including phenoxy) is 1. The molecule has 2 N–H and O–H groups in total. The topological polar surface area (TPSA) is 66.8 Å². The summed E-state index contributed by atoms with van der Waals surface area (Å²) in [6, 6.07) is 0. The second-order valence-corrected chi connectivity index (χ2v) is 15.3.